The summed E-state index contributed by atoms with van der Waals surface area (Å²) in [6.45, 7) is 4.01. The van der Waals surface area contributed by atoms with Crippen molar-refractivity contribution in [3.63, 3.8) is 0 Å². The smallest absolute Gasteiger partial charge is 0.261 e. The van der Waals surface area contributed by atoms with Crippen molar-refractivity contribution in [2.45, 2.75) is 32.3 Å². The van der Waals surface area contributed by atoms with Crippen molar-refractivity contribution in [2.75, 3.05) is 19.8 Å². The standard InChI is InChI=1S/C16H22N2O3S/c1-2-9-21-14-8-4-3-7-13(14)15(19)18-16(22)17-11-12-6-5-10-20-12/h3-4,7-8,12H,2,5-6,9-11H2,1H3,(H2,17,18,19,22). The van der Waals surface area contributed by atoms with Crippen LogP contribution in [-0.4, -0.2) is 36.9 Å². The van der Waals surface area contributed by atoms with Crippen LogP contribution < -0.4 is 15.4 Å². The van der Waals surface area contributed by atoms with Crippen molar-refractivity contribution in [1.82, 2.24) is 10.6 Å². The zero-order valence-corrected chi connectivity index (χ0v) is 13.6. The Morgan fingerprint density at radius 1 is 1.45 bits per heavy atom. The van der Waals surface area contributed by atoms with Crippen LogP contribution in [0.1, 0.15) is 36.5 Å². The number of rotatable bonds is 6. The fraction of sp³-hybridized carbons (Fsp3) is 0.500. The first-order chi connectivity index (χ1) is 10.7. The topological polar surface area (TPSA) is 59.6 Å². The number of para-hydroxylation sites is 1. The zero-order valence-electron chi connectivity index (χ0n) is 12.8. The maximum Gasteiger partial charge on any atom is 0.261 e. The molecule has 1 amide bonds. The number of thiocarbonyl (C=S) groups is 1. The lowest BCUT2D eigenvalue weighted by atomic mass is 10.2. The third-order valence-electron chi connectivity index (χ3n) is 3.33. The Labute approximate surface area is 136 Å². The summed E-state index contributed by atoms with van der Waals surface area (Å²) in [5.74, 6) is 0.306. The highest BCUT2D eigenvalue weighted by molar-refractivity contribution is 7.80. The minimum atomic E-state index is -0.267. The third kappa shape index (κ3) is 4.96. The van der Waals surface area contributed by atoms with Crippen LogP contribution in [0.5, 0.6) is 5.75 Å². The van der Waals surface area contributed by atoms with E-state index in [2.05, 4.69) is 10.6 Å². The van der Waals surface area contributed by atoms with Crippen LogP contribution in [-0.2, 0) is 4.74 Å². The van der Waals surface area contributed by atoms with E-state index in [1.807, 2.05) is 13.0 Å². The molecule has 1 atom stereocenters. The molecule has 5 nitrogen and oxygen atoms in total. The maximum atomic E-state index is 12.3. The van der Waals surface area contributed by atoms with Gasteiger partial charge in [0.1, 0.15) is 5.75 Å². The van der Waals surface area contributed by atoms with E-state index in [0.29, 0.717) is 29.6 Å². The number of hydrogen-bond acceptors (Lipinski definition) is 4. The van der Waals surface area contributed by atoms with Crippen LogP contribution >= 0.6 is 12.2 Å². The molecule has 0 aromatic heterocycles. The van der Waals surface area contributed by atoms with Gasteiger partial charge in [0.15, 0.2) is 5.11 Å². The van der Waals surface area contributed by atoms with Crippen LogP contribution in [0.3, 0.4) is 0 Å². The molecule has 0 saturated carbocycles. The monoisotopic (exact) mass is 322 g/mol. The van der Waals surface area contributed by atoms with E-state index in [0.717, 1.165) is 25.9 Å². The lowest BCUT2D eigenvalue weighted by Crippen LogP contribution is -2.42. The molecule has 120 valence electrons. The molecular formula is C16H22N2O3S. The second-order valence-corrected chi connectivity index (χ2v) is 5.55. The fourth-order valence-corrected chi connectivity index (χ4v) is 2.39. The molecule has 6 heteroatoms. The van der Waals surface area contributed by atoms with Crippen molar-refractivity contribution in [3.8, 4) is 5.75 Å². The first-order valence-corrected chi connectivity index (χ1v) is 8.04. The number of benzene rings is 1. The number of ether oxygens (including phenoxy) is 2. The Morgan fingerprint density at radius 3 is 3.00 bits per heavy atom. The van der Waals surface area contributed by atoms with Gasteiger partial charge in [0.2, 0.25) is 0 Å². The van der Waals surface area contributed by atoms with E-state index in [4.69, 9.17) is 21.7 Å². The molecule has 0 spiro atoms. The summed E-state index contributed by atoms with van der Waals surface area (Å²) in [4.78, 5) is 12.3. The molecular weight excluding hydrogens is 300 g/mol. The third-order valence-corrected chi connectivity index (χ3v) is 3.58. The molecule has 1 heterocycles. The quantitative estimate of drug-likeness (QED) is 0.787. The normalized spacial score (nSPS) is 17.0. The molecule has 22 heavy (non-hydrogen) atoms. The second kappa shape index (κ2) is 8.70. The Morgan fingerprint density at radius 2 is 2.27 bits per heavy atom. The zero-order chi connectivity index (χ0) is 15.8. The highest BCUT2D eigenvalue weighted by Gasteiger charge is 2.17. The first-order valence-electron chi connectivity index (χ1n) is 7.63. The van der Waals surface area contributed by atoms with Crippen LogP contribution in [0.4, 0.5) is 0 Å². The molecule has 2 N–H and O–H groups in total. The first kappa shape index (κ1) is 16.7. The van der Waals surface area contributed by atoms with Crippen molar-refractivity contribution < 1.29 is 14.3 Å². The van der Waals surface area contributed by atoms with Gasteiger partial charge >= 0.3 is 0 Å². The van der Waals surface area contributed by atoms with Gasteiger partial charge in [-0.1, -0.05) is 19.1 Å². The summed E-state index contributed by atoms with van der Waals surface area (Å²) in [6.07, 6.45) is 3.16. The molecule has 2 rings (SSSR count). The molecule has 1 unspecified atom stereocenters. The van der Waals surface area contributed by atoms with Gasteiger partial charge in [-0.3, -0.25) is 10.1 Å². The van der Waals surface area contributed by atoms with E-state index in [-0.39, 0.29) is 12.0 Å². The molecule has 1 aliphatic rings. The van der Waals surface area contributed by atoms with Crippen molar-refractivity contribution in [2.24, 2.45) is 0 Å². The van der Waals surface area contributed by atoms with Gasteiger partial charge in [-0.15, -0.1) is 0 Å². The second-order valence-electron chi connectivity index (χ2n) is 5.14. The number of nitrogens with one attached hydrogen (secondary N) is 2. The molecule has 1 saturated heterocycles. The number of hydrogen-bond donors (Lipinski definition) is 2. The van der Waals surface area contributed by atoms with Crippen molar-refractivity contribution in [1.29, 1.82) is 0 Å². The summed E-state index contributed by atoms with van der Waals surface area (Å²) < 4.78 is 11.1. The van der Waals surface area contributed by atoms with Gasteiger partial charge in [-0.05, 0) is 43.6 Å². The van der Waals surface area contributed by atoms with Crippen LogP contribution in [0.2, 0.25) is 0 Å². The Bertz CT molecular complexity index is 516. The van der Waals surface area contributed by atoms with Gasteiger partial charge in [-0.2, -0.15) is 0 Å². The number of amides is 1. The summed E-state index contributed by atoms with van der Waals surface area (Å²) in [5.41, 5.74) is 0.484. The average molecular weight is 322 g/mol. The van der Waals surface area contributed by atoms with Gasteiger partial charge in [0.05, 0.1) is 18.3 Å². The highest BCUT2D eigenvalue weighted by Crippen LogP contribution is 2.18. The highest BCUT2D eigenvalue weighted by atomic mass is 32.1. The van der Waals surface area contributed by atoms with Gasteiger partial charge in [-0.25, -0.2) is 0 Å². The van der Waals surface area contributed by atoms with E-state index < -0.39 is 0 Å². The van der Waals surface area contributed by atoms with Gasteiger partial charge in [0, 0.05) is 13.2 Å². The number of carbonyl (C=O) groups is 1. The molecule has 0 radical (unpaired) electrons. The molecule has 0 aliphatic carbocycles. The van der Waals surface area contributed by atoms with Crippen molar-refractivity contribution in [3.05, 3.63) is 29.8 Å². The lowest BCUT2D eigenvalue weighted by molar-refractivity contribution is 0.0969. The summed E-state index contributed by atoms with van der Waals surface area (Å²) >= 11 is 5.16. The predicted molar refractivity (Wildman–Crippen MR) is 89.3 cm³/mol. The number of carbonyl (C=O) groups excluding carboxylic acids is 1. The van der Waals surface area contributed by atoms with Gasteiger partial charge in [0.25, 0.3) is 5.91 Å². The Hall–Kier alpha value is -1.66. The van der Waals surface area contributed by atoms with E-state index in [1.54, 1.807) is 18.2 Å². The minimum absolute atomic E-state index is 0.176. The molecule has 0 bridgehead atoms. The minimum Gasteiger partial charge on any atom is -0.493 e. The maximum absolute atomic E-state index is 12.3. The summed E-state index contributed by atoms with van der Waals surface area (Å²) in [6, 6.07) is 7.16. The van der Waals surface area contributed by atoms with Crippen molar-refractivity contribution >= 4 is 23.2 Å². The molecule has 1 fully saturated rings. The Kier molecular flexibility index (Phi) is 6.61. The average Bonchev–Trinajstić information content (AvgIpc) is 3.04. The molecule has 1 aromatic carbocycles. The van der Waals surface area contributed by atoms with E-state index >= 15 is 0 Å². The van der Waals surface area contributed by atoms with E-state index in [1.165, 1.54) is 0 Å². The van der Waals surface area contributed by atoms with Gasteiger partial charge < -0.3 is 14.8 Å². The summed E-state index contributed by atoms with van der Waals surface area (Å²) in [7, 11) is 0. The lowest BCUT2D eigenvalue weighted by Gasteiger charge is -2.14. The van der Waals surface area contributed by atoms with E-state index in [9.17, 15) is 4.79 Å². The summed E-state index contributed by atoms with van der Waals surface area (Å²) in [5, 5.41) is 6.02. The molecule has 1 aromatic rings. The largest absolute Gasteiger partial charge is 0.493 e. The predicted octanol–water partition coefficient (Wildman–Crippen LogP) is 2.26. The Balaban J connectivity index is 1.86. The van der Waals surface area contributed by atoms with Crippen LogP contribution in [0.15, 0.2) is 24.3 Å². The SMILES string of the molecule is CCCOc1ccccc1C(=O)NC(=S)NCC1CCCO1. The molecule has 1 aliphatic heterocycles. The van der Waals surface area contributed by atoms with Crippen LogP contribution in [0.25, 0.3) is 0 Å². The fourth-order valence-electron chi connectivity index (χ4n) is 2.22. The van der Waals surface area contributed by atoms with Crippen LogP contribution in [0, 0.1) is 0 Å².